The van der Waals surface area contributed by atoms with E-state index in [1.165, 1.54) is 19.1 Å². The van der Waals surface area contributed by atoms with Crippen LogP contribution in [-0.2, 0) is 24.6 Å². The number of hydrogen-bond acceptors (Lipinski definition) is 5. The number of anilines is 1. The number of fused-ring (bicyclic) bond motifs is 2. The summed E-state index contributed by atoms with van der Waals surface area (Å²) in [5.41, 5.74) is -0.203. The number of amides is 4. The SMILES string of the molecule is CC(=O)N1CCN(C(=O)C(C)(C)Oc2ccc(Cl)cc2C2CC(=O)NC(c3cc(F)ccc3C)C23C(=O)Nc2cc(Cl)ccc23)CC1. The normalized spacial score (nSPS) is 22.5. The number of hydrogen-bond donors (Lipinski definition) is 2. The molecule has 4 amide bonds. The molecular weight excluding hydrogens is 646 g/mol. The van der Waals surface area contributed by atoms with Crippen molar-refractivity contribution in [3.8, 4) is 5.75 Å². The van der Waals surface area contributed by atoms with Crippen molar-refractivity contribution in [3.63, 3.8) is 0 Å². The number of piperidine rings is 1. The second kappa shape index (κ2) is 12.1. The summed E-state index contributed by atoms with van der Waals surface area (Å²) in [4.78, 5) is 57.1. The summed E-state index contributed by atoms with van der Waals surface area (Å²) >= 11 is 12.9. The maximum absolute atomic E-state index is 14.8. The zero-order valence-electron chi connectivity index (χ0n) is 26.5. The molecule has 246 valence electrons. The van der Waals surface area contributed by atoms with E-state index in [1.54, 1.807) is 73.0 Å². The fourth-order valence-electron chi connectivity index (χ4n) is 7.25. The lowest BCUT2D eigenvalue weighted by Gasteiger charge is -2.47. The lowest BCUT2D eigenvalue weighted by Crippen LogP contribution is -2.57. The predicted molar refractivity (Wildman–Crippen MR) is 176 cm³/mol. The molecule has 0 radical (unpaired) electrons. The van der Waals surface area contributed by atoms with Gasteiger partial charge in [0.2, 0.25) is 17.7 Å². The van der Waals surface area contributed by atoms with E-state index in [2.05, 4.69) is 10.6 Å². The van der Waals surface area contributed by atoms with Gasteiger partial charge in [0, 0.05) is 66.7 Å². The number of aryl methyl sites for hydroxylation is 1. The van der Waals surface area contributed by atoms with Crippen LogP contribution in [0.15, 0.2) is 54.6 Å². The largest absolute Gasteiger partial charge is 0.478 e. The van der Waals surface area contributed by atoms with Crippen molar-refractivity contribution in [3.05, 3.63) is 92.7 Å². The van der Waals surface area contributed by atoms with Crippen LogP contribution in [0.1, 0.15) is 61.4 Å². The summed E-state index contributed by atoms with van der Waals surface area (Å²) in [5.74, 6) is -2.17. The first-order chi connectivity index (χ1) is 22.2. The topological polar surface area (TPSA) is 108 Å². The predicted octanol–water partition coefficient (Wildman–Crippen LogP) is 5.52. The van der Waals surface area contributed by atoms with Gasteiger partial charge in [-0.15, -0.1) is 0 Å². The van der Waals surface area contributed by atoms with Crippen LogP contribution in [0.2, 0.25) is 10.0 Å². The molecule has 3 aliphatic rings. The summed E-state index contributed by atoms with van der Waals surface area (Å²) < 4.78 is 21.3. The van der Waals surface area contributed by atoms with Crippen LogP contribution in [0.4, 0.5) is 10.1 Å². The summed E-state index contributed by atoms with van der Waals surface area (Å²) in [6.07, 6.45) is -0.127. The molecule has 3 atom stereocenters. The van der Waals surface area contributed by atoms with Crippen LogP contribution in [-0.4, -0.2) is 65.2 Å². The van der Waals surface area contributed by atoms with Crippen LogP contribution < -0.4 is 15.4 Å². The number of carbonyl (C=O) groups is 4. The lowest BCUT2D eigenvalue weighted by atomic mass is 9.59. The van der Waals surface area contributed by atoms with Crippen molar-refractivity contribution < 1.29 is 28.3 Å². The second-order valence-corrected chi connectivity index (χ2v) is 13.7. The minimum atomic E-state index is -1.48. The van der Waals surface area contributed by atoms with E-state index < -0.39 is 34.7 Å². The number of ether oxygens (including phenoxy) is 1. The van der Waals surface area contributed by atoms with E-state index in [9.17, 15) is 23.6 Å². The molecule has 6 rings (SSSR count). The monoisotopic (exact) mass is 680 g/mol. The van der Waals surface area contributed by atoms with Gasteiger partial charge in [0.15, 0.2) is 5.60 Å². The van der Waals surface area contributed by atoms with Gasteiger partial charge < -0.3 is 25.2 Å². The first-order valence-corrected chi connectivity index (χ1v) is 16.2. The van der Waals surface area contributed by atoms with Gasteiger partial charge in [-0.25, -0.2) is 4.39 Å². The molecular formula is C35H35Cl2FN4O5. The Morgan fingerprint density at radius 2 is 1.60 bits per heavy atom. The maximum atomic E-state index is 14.8. The van der Waals surface area contributed by atoms with Crippen molar-refractivity contribution in [2.45, 2.75) is 57.1 Å². The number of carbonyl (C=O) groups excluding carboxylic acids is 4. The van der Waals surface area contributed by atoms with Crippen LogP contribution in [0.3, 0.4) is 0 Å². The highest BCUT2D eigenvalue weighted by atomic mass is 35.5. The van der Waals surface area contributed by atoms with Gasteiger partial charge >= 0.3 is 0 Å². The molecule has 3 heterocycles. The number of rotatable bonds is 5. The number of piperazine rings is 1. The minimum absolute atomic E-state index is 0.0459. The summed E-state index contributed by atoms with van der Waals surface area (Å²) in [6.45, 7) is 8.18. The van der Waals surface area contributed by atoms with Crippen molar-refractivity contribution in [1.82, 2.24) is 15.1 Å². The van der Waals surface area contributed by atoms with Gasteiger partial charge in [-0.1, -0.05) is 35.3 Å². The number of halogens is 3. The minimum Gasteiger partial charge on any atom is -0.478 e. The molecule has 2 saturated heterocycles. The Kier molecular flexibility index (Phi) is 8.47. The molecule has 1 spiro atoms. The summed E-state index contributed by atoms with van der Waals surface area (Å²) in [7, 11) is 0. The zero-order valence-corrected chi connectivity index (χ0v) is 28.0. The molecule has 3 aromatic rings. The number of nitrogens with zero attached hydrogens (tertiary/aromatic N) is 2. The van der Waals surface area contributed by atoms with Crippen molar-refractivity contribution in [1.29, 1.82) is 0 Å². The van der Waals surface area contributed by atoms with Gasteiger partial charge in [-0.2, -0.15) is 0 Å². The summed E-state index contributed by atoms with van der Waals surface area (Å²) in [5, 5.41) is 6.73. The Hall–Kier alpha value is -4.15. The van der Waals surface area contributed by atoms with Crippen LogP contribution >= 0.6 is 23.2 Å². The lowest BCUT2D eigenvalue weighted by molar-refractivity contribution is -0.149. The Morgan fingerprint density at radius 3 is 2.30 bits per heavy atom. The smallest absolute Gasteiger partial charge is 0.266 e. The van der Waals surface area contributed by atoms with E-state index in [0.717, 1.165) is 0 Å². The molecule has 0 aromatic heterocycles. The van der Waals surface area contributed by atoms with Gasteiger partial charge in [-0.3, -0.25) is 19.2 Å². The van der Waals surface area contributed by atoms with Crippen LogP contribution in [0.25, 0.3) is 0 Å². The van der Waals surface area contributed by atoms with E-state index in [-0.39, 0.29) is 29.9 Å². The van der Waals surface area contributed by atoms with Crippen molar-refractivity contribution in [2.24, 2.45) is 0 Å². The molecule has 2 N–H and O–H groups in total. The van der Waals surface area contributed by atoms with Gasteiger partial charge in [0.25, 0.3) is 5.91 Å². The fraction of sp³-hybridized carbons (Fsp3) is 0.371. The van der Waals surface area contributed by atoms with Crippen molar-refractivity contribution in [2.75, 3.05) is 31.5 Å². The molecule has 12 heteroatoms. The summed E-state index contributed by atoms with van der Waals surface area (Å²) in [6, 6.07) is 13.3. The first kappa shape index (κ1) is 32.8. The Labute approximate surface area is 282 Å². The first-order valence-electron chi connectivity index (χ1n) is 15.4. The molecule has 47 heavy (non-hydrogen) atoms. The molecule has 3 aromatic carbocycles. The Bertz CT molecular complexity index is 1810. The number of nitrogens with one attached hydrogen (secondary N) is 2. The van der Waals surface area contributed by atoms with Gasteiger partial charge in [0.05, 0.1) is 6.04 Å². The zero-order chi connectivity index (χ0) is 33.8. The van der Waals surface area contributed by atoms with E-state index in [1.807, 2.05) is 0 Å². The maximum Gasteiger partial charge on any atom is 0.266 e. The molecule has 3 unspecified atom stereocenters. The van der Waals surface area contributed by atoms with Gasteiger partial charge in [0.1, 0.15) is 17.0 Å². The second-order valence-electron chi connectivity index (χ2n) is 12.9. The van der Waals surface area contributed by atoms with Crippen molar-refractivity contribution >= 4 is 52.5 Å². The van der Waals surface area contributed by atoms with Crippen LogP contribution in [0, 0.1) is 12.7 Å². The van der Waals surface area contributed by atoms with E-state index in [4.69, 9.17) is 27.9 Å². The average Bonchev–Trinajstić information content (AvgIpc) is 3.30. The Balaban J connectivity index is 1.48. The third-order valence-corrected chi connectivity index (χ3v) is 10.0. The third kappa shape index (κ3) is 5.71. The third-order valence-electron chi connectivity index (χ3n) is 9.54. The average molecular weight is 682 g/mol. The highest BCUT2D eigenvalue weighted by molar-refractivity contribution is 6.31. The van der Waals surface area contributed by atoms with Gasteiger partial charge in [-0.05, 0) is 79.9 Å². The highest BCUT2D eigenvalue weighted by Gasteiger charge is 2.62. The molecule has 9 nitrogen and oxygen atoms in total. The quantitative estimate of drug-likeness (QED) is 0.369. The molecule has 0 saturated carbocycles. The van der Waals surface area contributed by atoms with E-state index in [0.29, 0.717) is 64.2 Å². The molecule has 0 aliphatic carbocycles. The molecule has 0 bridgehead atoms. The van der Waals surface area contributed by atoms with Crippen LogP contribution in [0.5, 0.6) is 5.75 Å². The molecule has 2 fully saturated rings. The molecule has 3 aliphatic heterocycles. The fourth-order valence-corrected chi connectivity index (χ4v) is 7.60. The van der Waals surface area contributed by atoms with E-state index >= 15 is 0 Å². The Morgan fingerprint density at radius 1 is 0.936 bits per heavy atom. The standard InChI is InChI=1S/C35H35Cl2FN4O5/c1-19-5-8-23(38)17-24(19)31-35(26-9-6-22(37)16-28(26)39-32(35)45)27(18-30(44)40-31)25-15-21(36)7-10-29(25)47-34(3,4)33(46)42-13-11-41(12-14-42)20(2)43/h5-10,15-17,27,31H,11-14,18H2,1-4H3,(H,39,45)(H,40,44). The highest BCUT2D eigenvalue weighted by Crippen LogP contribution is 2.59. The number of benzene rings is 3.